The second-order valence-electron chi connectivity index (χ2n) is 3.73. The van der Waals surface area contributed by atoms with Crippen LogP contribution in [-0.2, 0) is 4.79 Å². The van der Waals surface area contributed by atoms with Crippen LogP contribution in [-0.4, -0.2) is 21.1 Å². The molecule has 0 spiro atoms. The number of anilines is 1. The normalized spacial score (nSPS) is 10.6. The van der Waals surface area contributed by atoms with Crippen LogP contribution in [0.1, 0.15) is 6.92 Å². The molecule has 1 aromatic heterocycles. The number of nitrogens with zero attached hydrogens (tertiary/aromatic N) is 1. The number of phenolic OH excluding ortho intramolecular Hbond substituents is 2. The summed E-state index contributed by atoms with van der Waals surface area (Å²) in [5.74, 6) is -1.07. The molecule has 2 aromatic rings. The highest BCUT2D eigenvalue weighted by molar-refractivity contribution is 7.19. The van der Waals surface area contributed by atoms with Crippen molar-refractivity contribution in [2.75, 3.05) is 5.32 Å². The number of rotatable bonds is 2. The zero-order chi connectivity index (χ0) is 15.0. The van der Waals surface area contributed by atoms with Crippen LogP contribution in [0.2, 0.25) is 15.1 Å². The van der Waals surface area contributed by atoms with E-state index in [4.69, 9.17) is 34.8 Å². The van der Waals surface area contributed by atoms with E-state index in [9.17, 15) is 15.0 Å². The summed E-state index contributed by atoms with van der Waals surface area (Å²) in [5.41, 5.74) is 0.104. The predicted octanol–water partition coefficient (Wildman–Crippen LogP) is 4.14. The molecule has 0 unspecified atom stereocenters. The average molecular weight is 354 g/mol. The van der Waals surface area contributed by atoms with Gasteiger partial charge >= 0.3 is 0 Å². The highest BCUT2D eigenvalue weighted by Gasteiger charge is 2.23. The molecule has 1 heterocycles. The smallest absolute Gasteiger partial charge is 0.223 e. The third-order valence-electron chi connectivity index (χ3n) is 2.31. The van der Waals surface area contributed by atoms with Crippen molar-refractivity contribution >= 4 is 57.2 Å². The summed E-state index contributed by atoms with van der Waals surface area (Å²) in [5, 5.41) is 22.0. The molecule has 2 rings (SSSR count). The van der Waals surface area contributed by atoms with Gasteiger partial charge in [-0.1, -0.05) is 46.1 Å². The summed E-state index contributed by atoms with van der Waals surface area (Å²) in [4.78, 5) is 15.3. The molecule has 0 atom stereocenters. The van der Waals surface area contributed by atoms with E-state index in [1.165, 1.54) is 13.1 Å². The first kappa shape index (κ1) is 15.2. The number of halogens is 3. The topological polar surface area (TPSA) is 82.5 Å². The highest BCUT2D eigenvalue weighted by atomic mass is 35.5. The summed E-state index contributed by atoms with van der Waals surface area (Å²) in [6.07, 6.45) is 1.39. The molecule has 9 heteroatoms. The van der Waals surface area contributed by atoms with E-state index in [1.54, 1.807) is 0 Å². The van der Waals surface area contributed by atoms with Gasteiger partial charge in [0, 0.05) is 13.1 Å². The van der Waals surface area contributed by atoms with Crippen molar-refractivity contribution in [3.8, 4) is 21.9 Å². The van der Waals surface area contributed by atoms with Gasteiger partial charge in [0.15, 0.2) is 10.9 Å². The molecule has 0 aliphatic heterocycles. The van der Waals surface area contributed by atoms with E-state index in [-0.39, 0.29) is 32.3 Å². The van der Waals surface area contributed by atoms with Crippen molar-refractivity contribution in [2.24, 2.45) is 0 Å². The number of thiazole rings is 1. The number of carbonyl (C=O) groups is 1. The van der Waals surface area contributed by atoms with Crippen LogP contribution in [0.4, 0.5) is 5.13 Å². The maximum Gasteiger partial charge on any atom is 0.223 e. The number of hydrogen-bond donors (Lipinski definition) is 3. The van der Waals surface area contributed by atoms with Crippen LogP contribution >= 0.6 is 46.1 Å². The Balaban J connectivity index is 2.58. The van der Waals surface area contributed by atoms with Crippen LogP contribution in [0.15, 0.2) is 6.20 Å². The van der Waals surface area contributed by atoms with Gasteiger partial charge in [-0.15, -0.1) is 0 Å². The van der Waals surface area contributed by atoms with Crippen molar-refractivity contribution < 1.29 is 15.0 Å². The minimum absolute atomic E-state index is 0.104. The first-order chi connectivity index (χ1) is 9.32. The fourth-order valence-corrected chi connectivity index (χ4v) is 3.13. The summed E-state index contributed by atoms with van der Waals surface area (Å²) >= 11 is 18.6. The summed E-state index contributed by atoms with van der Waals surface area (Å²) < 4.78 is 0. The summed E-state index contributed by atoms with van der Waals surface area (Å²) in [6.45, 7) is 1.34. The molecule has 0 radical (unpaired) electrons. The fourth-order valence-electron chi connectivity index (χ4n) is 1.46. The molecule has 5 nitrogen and oxygen atoms in total. The minimum atomic E-state index is -0.430. The maximum atomic E-state index is 10.9. The standard InChI is InChI=1S/C11H7Cl3N2O3S/c1-3(17)16-11-15-2-4(20-11)5-6(12)10(19)8(14)7(13)9(5)18/h2,18-19H,1H3,(H,15,16,17). The lowest BCUT2D eigenvalue weighted by Gasteiger charge is -2.10. The second kappa shape index (κ2) is 5.65. The Morgan fingerprint density at radius 2 is 1.80 bits per heavy atom. The molecule has 0 aliphatic carbocycles. The van der Waals surface area contributed by atoms with Gasteiger partial charge in [0.2, 0.25) is 5.91 Å². The molecule has 0 bridgehead atoms. The molecule has 3 N–H and O–H groups in total. The Morgan fingerprint density at radius 1 is 1.20 bits per heavy atom. The molecule has 1 amide bonds. The highest BCUT2D eigenvalue weighted by Crippen LogP contribution is 2.51. The number of aromatic nitrogens is 1. The van der Waals surface area contributed by atoms with E-state index in [2.05, 4.69) is 10.3 Å². The van der Waals surface area contributed by atoms with E-state index >= 15 is 0 Å². The molecule has 0 saturated carbocycles. The SMILES string of the molecule is CC(=O)Nc1ncc(-c2c(O)c(Cl)c(Cl)c(O)c2Cl)s1. The number of nitrogens with one attached hydrogen (secondary N) is 1. The zero-order valence-corrected chi connectivity index (χ0v) is 13.0. The molecular formula is C11H7Cl3N2O3S. The molecule has 0 fully saturated rings. The number of phenols is 2. The van der Waals surface area contributed by atoms with E-state index < -0.39 is 5.75 Å². The molecule has 1 aromatic carbocycles. The predicted molar refractivity (Wildman–Crippen MR) is 80.2 cm³/mol. The van der Waals surface area contributed by atoms with Crippen LogP contribution in [0.5, 0.6) is 11.5 Å². The quantitative estimate of drug-likeness (QED) is 0.560. The van der Waals surface area contributed by atoms with Crippen LogP contribution in [0.3, 0.4) is 0 Å². The van der Waals surface area contributed by atoms with Crippen molar-refractivity contribution in [2.45, 2.75) is 6.92 Å². The van der Waals surface area contributed by atoms with Gasteiger partial charge < -0.3 is 15.5 Å². The van der Waals surface area contributed by atoms with Crippen molar-refractivity contribution in [3.05, 3.63) is 21.3 Å². The lowest BCUT2D eigenvalue weighted by atomic mass is 10.1. The first-order valence-electron chi connectivity index (χ1n) is 5.15. The van der Waals surface area contributed by atoms with Gasteiger partial charge in [-0.3, -0.25) is 4.79 Å². The Hall–Kier alpha value is -1.21. The van der Waals surface area contributed by atoms with Crippen LogP contribution in [0, 0.1) is 0 Å². The van der Waals surface area contributed by atoms with Gasteiger partial charge in [0.25, 0.3) is 0 Å². The Morgan fingerprint density at radius 3 is 2.40 bits per heavy atom. The number of amides is 1. The van der Waals surface area contributed by atoms with E-state index in [1.807, 2.05) is 0 Å². The molecule has 0 saturated heterocycles. The van der Waals surface area contributed by atoms with Crippen molar-refractivity contribution in [3.63, 3.8) is 0 Å². The van der Waals surface area contributed by atoms with Crippen LogP contribution < -0.4 is 5.32 Å². The van der Waals surface area contributed by atoms with Gasteiger partial charge in [-0.05, 0) is 0 Å². The van der Waals surface area contributed by atoms with Gasteiger partial charge in [0.1, 0.15) is 15.8 Å². The van der Waals surface area contributed by atoms with Crippen molar-refractivity contribution in [1.29, 1.82) is 0 Å². The molecule has 106 valence electrons. The molecular weight excluding hydrogens is 347 g/mol. The molecule has 20 heavy (non-hydrogen) atoms. The lowest BCUT2D eigenvalue weighted by molar-refractivity contribution is -0.114. The summed E-state index contributed by atoms with van der Waals surface area (Å²) in [6, 6.07) is 0. The van der Waals surface area contributed by atoms with E-state index in [0.717, 1.165) is 11.3 Å². The molecule has 0 aliphatic rings. The maximum absolute atomic E-state index is 10.9. The van der Waals surface area contributed by atoms with Gasteiger partial charge in [-0.2, -0.15) is 0 Å². The summed E-state index contributed by atoms with van der Waals surface area (Å²) in [7, 11) is 0. The Kier molecular flexibility index (Phi) is 4.29. The number of carbonyl (C=O) groups excluding carboxylic acids is 1. The van der Waals surface area contributed by atoms with Crippen LogP contribution in [0.25, 0.3) is 10.4 Å². The minimum Gasteiger partial charge on any atom is -0.506 e. The second-order valence-corrected chi connectivity index (χ2v) is 5.89. The monoisotopic (exact) mass is 352 g/mol. The third-order valence-corrected chi connectivity index (χ3v) is 4.44. The Labute approximate surface area is 132 Å². The van der Waals surface area contributed by atoms with Crippen molar-refractivity contribution in [1.82, 2.24) is 4.98 Å². The number of benzene rings is 1. The van der Waals surface area contributed by atoms with Gasteiger partial charge in [-0.25, -0.2) is 4.98 Å². The third kappa shape index (κ3) is 2.64. The lowest BCUT2D eigenvalue weighted by Crippen LogP contribution is -2.04. The zero-order valence-electron chi connectivity index (χ0n) is 9.87. The fraction of sp³-hybridized carbons (Fsp3) is 0.0909. The largest absolute Gasteiger partial charge is 0.506 e. The average Bonchev–Trinajstić information content (AvgIpc) is 2.81. The number of hydrogen-bond acceptors (Lipinski definition) is 5. The number of aromatic hydroxyl groups is 2. The van der Waals surface area contributed by atoms with Gasteiger partial charge in [0.05, 0.1) is 15.5 Å². The Bertz CT molecular complexity index is 673. The van der Waals surface area contributed by atoms with E-state index in [0.29, 0.717) is 10.0 Å². The first-order valence-corrected chi connectivity index (χ1v) is 7.10.